The molecule has 0 spiro atoms. The highest BCUT2D eigenvalue weighted by Gasteiger charge is 2.13. The third kappa shape index (κ3) is 5.13. The number of nitrogens with one attached hydrogen (secondary N) is 2. The van der Waals surface area contributed by atoms with Gasteiger partial charge in [0.1, 0.15) is 10.8 Å². The zero-order valence-corrected chi connectivity index (χ0v) is 17.6. The van der Waals surface area contributed by atoms with Crippen LogP contribution >= 0.6 is 11.3 Å². The third-order valence-corrected chi connectivity index (χ3v) is 5.82. The van der Waals surface area contributed by atoms with E-state index in [0.29, 0.717) is 12.1 Å². The van der Waals surface area contributed by atoms with Crippen LogP contribution in [0.4, 0.5) is 10.1 Å². The maximum atomic E-state index is 12.9. The summed E-state index contributed by atoms with van der Waals surface area (Å²) in [6.45, 7) is 2.34. The number of carbonyl (C=O) groups excluding carboxylic acids is 2. The van der Waals surface area contributed by atoms with Crippen molar-refractivity contribution >= 4 is 39.1 Å². The second-order valence-corrected chi connectivity index (χ2v) is 8.18. The maximum Gasteiger partial charge on any atom is 0.313 e. The highest BCUT2D eigenvalue weighted by molar-refractivity contribution is 7.21. The summed E-state index contributed by atoms with van der Waals surface area (Å²) in [5.74, 6) is -1.76. The van der Waals surface area contributed by atoms with E-state index in [1.54, 1.807) is 35.6 Å². The normalized spacial score (nSPS) is 10.8. The van der Waals surface area contributed by atoms with E-state index in [1.165, 1.54) is 17.7 Å². The van der Waals surface area contributed by atoms with Crippen molar-refractivity contribution in [3.8, 4) is 10.6 Å². The van der Waals surface area contributed by atoms with Crippen LogP contribution in [0.25, 0.3) is 20.8 Å². The van der Waals surface area contributed by atoms with Gasteiger partial charge in [-0.15, -0.1) is 11.3 Å². The molecule has 0 fully saturated rings. The van der Waals surface area contributed by atoms with Crippen LogP contribution in [0.2, 0.25) is 0 Å². The molecule has 7 heteroatoms. The first-order valence-corrected chi connectivity index (χ1v) is 10.6. The molecule has 0 unspecified atom stereocenters. The molecule has 2 amide bonds. The van der Waals surface area contributed by atoms with Crippen LogP contribution in [0.15, 0.2) is 66.7 Å². The SMILES string of the molecule is Cc1ccc2nc(-c3ccc(NC(=O)C(=O)NCCc4ccc(F)cc4)cc3)sc2c1. The molecule has 0 aliphatic carbocycles. The lowest BCUT2D eigenvalue weighted by molar-refractivity contribution is -0.136. The van der Waals surface area contributed by atoms with Crippen LogP contribution in [0.5, 0.6) is 0 Å². The number of rotatable bonds is 5. The second kappa shape index (κ2) is 9.06. The Bertz CT molecular complexity index is 1230. The van der Waals surface area contributed by atoms with Gasteiger partial charge in [-0.1, -0.05) is 18.2 Å². The Balaban J connectivity index is 1.32. The number of benzene rings is 3. The molecule has 1 aromatic heterocycles. The summed E-state index contributed by atoms with van der Waals surface area (Å²) in [6, 6.07) is 19.4. The summed E-state index contributed by atoms with van der Waals surface area (Å²) < 4.78 is 14.0. The molecule has 5 nitrogen and oxygen atoms in total. The Morgan fingerprint density at radius 2 is 1.71 bits per heavy atom. The number of nitrogens with zero attached hydrogens (tertiary/aromatic N) is 1. The highest BCUT2D eigenvalue weighted by Crippen LogP contribution is 2.31. The zero-order valence-electron chi connectivity index (χ0n) is 16.8. The molecule has 0 aliphatic rings. The minimum absolute atomic E-state index is 0.286. The van der Waals surface area contributed by atoms with Crippen LogP contribution in [0, 0.1) is 12.7 Å². The number of fused-ring (bicyclic) bond motifs is 1. The number of halogens is 1. The smallest absolute Gasteiger partial charge is 0.313 e. The minimum atomic E-state index is -0.734. The number of carbonyl (C=O) groups is 2. The minimum Gasteiger partial charge on any atom is -0.347 e. The van der Waals surface area contributed by atoms with Crippen molar-refractivity contribution < 1.29 is 14.0 Å². The van der Waals surface area contributed by atoms with E-state index < -0.39 is 11.8 Å². The fourth-order valence-corrected chi connectivity index (χ4v) is 4.16. The summed E-state index contributed by atoms with van der Waals surface area (Å²) in [5, 5.41) is 6.06. The van der Waals surface area contributed by atoms with Crippen molar-refractivity contribution in [3.05, 3.63) is 83.7 Å². The average molecular weight is 434 g/mol. The summed E-state index contributed by atoms with van der Waals surface area (Å²) in [6.07, 6.45) is 0.510. The third-order valence-electron chi connectivity index (χ3n) is 4.75. The van der Waals surface area contributed by atoms with Gasteiger partial charge >= 0.3 is 11.8 Å². The average Bonchev–Trinajstić information content (AvgIpc) is 3.18. The molecule has 0 aliphatic heterocycles. The number of thiazole rings is 1. The number of anilines is 1. The Morgan fingerprint density at radius 1 is 0.968 bits per heavy atom. The lowest BCUT2D eigenvalue weighted by Gasteiger charge is -2.07. The first-order valence-electron chi connectivity index (χ1n) is 9.79. The van der Waals surface area contributed by atoms with Gasteiger partial charge in [0.2, 0.25) is 0 Å². The van der Waals surface area contributed by atoms with Crippen molar-refractivity contribution in [2.75, 3.05) is 11.9 Å². The van der Waals surface area contributed by atoms with Crippen molar-refractivity contribution in [2.45, 2.75) is 13.3 Å². The predicted octanol–water partition coefficient (Wildman–Crippen LogP) is 4.71. The van der Waals surface area contributed by atoms with Gasteiger partial charge in [-0.05, 0) is 73.0 Å². The topological polar surface area (TPSA) is 71.1 Å². The molecule has 31 heavy (non-hydrogen) atoms. The van der Waals surface area contributed by atoms with Crippen LogP contribution in [0.3, 0.4) is 0 Å². The van der Waals surface area contributed by atoms with Gasteiger partial charge in [-0.25, -0.2) is 9.37 Å². The summed E-state index contributed by atoms with van der Waals surface area (Å²) in [7, 11) is 0. The van der Waals surface area contributed by atoms with Gasteiger partial charge in [0, 0.05) is 17.8 Å². The largest absolute Gasteiger partial charge is 0.347 e. The van der Waals surface area contributed by atoms with Crippen LogP contribution in [-0.2, 0) is 16.0 Å². The molecule has 2 N–H and O–H groups in total. The van der Waals surface area contributed by atoms with Gasteiger partial charge < -0.3 is 10.6 Å². The van der Waals surface area contributed by atoms with Crippen molar-refractivity contribution in [3.63, 3.8) is 0 Å². The first kappa shape index (κ1) is 20.7. The number of amides is 2. The van der Waals surface area contributed by atoms with E-state index in [0.717, 1.165) is 26.4 Å². The first-order chi connectivity index (χ1) is 15.0. The monoisotopic (exact) mass is 433 g/mol. The fraction of sp³-hybridized carbons (Fsp3) is 0.125. The van der Waals surface area contributed by atoms with Crippen molar-refractivity contribution in [2.24, 2.45) is 0 Å². The summed E-state index contributed by atoms with van der Waals surface area (Å²) >= 11 is 1.61. The van der Waals surface area contributed by atoms with E-state index in [-0.39, 0.29) is 12.4 Å². The van der Waals surface area contributed by atoms with Crippen LogP contribution < -0.4 is 10.6 Å². The zero-order chi connectivity index (χ0) is 21.8. The quantitative estimate of drug-likeness (QED) is 0.448. The maximum absolute atomic E-state index is 12.9. The van der Waals surface area contributed by atoms with Gasteiger partial charge in [0.15, 0.2) is 0 Å². The molecule has 156 valence electrons. The molecule has 4 aromatic rings. The second-order valence-electron chi connectivity index (χ2n) is 7.15. The van der Waals surface area contributed by atoms with Gasteiger partial charge in [0.25, 0.3) is 0 Å². The summed E-state index contributed by atoms with van der Waals surface area (Å²) in [4.78, 5) is 28.8. The van der Waals surface area contributed by atoms with Gasteiger partial charge in [0.05, 0.1) is 10.2 Å². The fourth-order valence-electron chi connectivity index (χ4n) is 3.09. The standard InChI is InChI=1S/C24H20FN3O2S/c1-15-2-11-20-21(14-15)31-24(28-20)17-5-9-19(10-6-17)27-23(30)22(29)26-13-12-16-3-7-18(25)8-4-16/h2-11,14H,12-13H2,1H3,(H,26,29)(H,27,30). The van der Waals surface area contributed by atoms with Crippen molar-refractivity contribution in [1.29, 1.82) is 0 Å². The Kier molecular flexibility index (Phi) is 6.04. The lowest BCUT2D eigenvalue weighted by Crippen LogP contribution is -2.36. The molecule has 0 saturated carbocycles. The van der Waals surface area contributed by atoms with E-state index in [4.69, 9.17) is 0 Å². The number of hydrogen-bond donors (Lipinski definition) is 2. The van der Waals surface area contributed by atoms with E-state index >= 15 is 0 Å². The molecular weight excluding hydrogens is 413 g/mol. The Labute approximate surface area is 183 Å². The molecule has 3 aromatic carbocycles. The Hall–Kier alpha value is -3.58. The molecule has 4 rings (SSSR count). The van der Waals surface area contributed by atoms with Gasteiger partial charge in [-0.3, -0.25) is 9.59 Å². The highest BCUT2D eigenvalue weighted by atomic mass is 32.1. The van der Waals surface area contributed by atoms with E-state index in [2.05, 4.69) is 28.6 Å². The number of hydrogen-bond acceptors (Lipinski definition) is 4. The number of aromatic nitrogens is 1. The molecular formula is C24H20FN3O2S. The van der Waals surface area contributed by atoms with Crippen LogP contribution in [0.1, 0.15) is 11.1 Å². The van der Waals surface area contributed by atoms with Crippen LogP contribution in [-0.4, -0.2) is 23.3 Å². The lowest BCUT2D eigenvalue weighted by atomic mass is 10.1. The molecule has 0 atom stereocenters. The van der Waals surface area contributed by atoms with E-state index in [1.807, 2.05) is 24.3 Å². The van der Waals surface area contributed by atoms with Crippen molar-refractivity contribution in [1.82, 2.24) is 10.3 Å². The molecule has 0 bridgehead atoms. The molecule has 0 radical (unpaired) electrons. The predicted molar refractivity (Wildman–Crippen MR) is 122 cm³/mol. The number of aryl methyl sites for hydroxylation is 1. The molecule has 0 saturated heterocycles. The Morgan fingerprint density at radius 3 is 2.45 bits per heavy atom. The van der Waals surface area contributed by atoms with Gasteiger partial charge in [-0.2, -0.15) is 0 Å². The molecule has 1 heterocycles. The van der Waals surface area contributed by atoms with E-state index in [9.17, 15) is 14.0 Å². The summed E-state index contributed by atoms with van der Waals surface area (Å²) in [5.41, 5.74) is 4.50.